The minimum absolute atomic E-state index is 0.0139. The fourth-order valence-corrected chi connectivity index (χ4v) is 15.6. The summed E-state index contributed by atoms with van der Waals surface area (Å²) in [7, 11) is 0. The number of phenolic OH excluding ortho intramolecular Hbond substituents is 21. The van der Waals surface area contributed by atoms with Crippen molar-refractivity contribution in [1.29, 1.82) is 0 Å². The molecular weight excluding hydrogens is 1950 g/mol. The van der Waals surface area contributed by atoms with Gasteiger partial charge in [0.25, 0.3) is 0 Å². The van der Waals surface area contributed by atoms with Crippen LogP contribution >= 0.6 is 0 Å². The summed E-state index contributed by atoms with van der Waals surface area (Å²) in [4.78, 5) is 73.4. The van der Waals surface area contributed by atoms with Gasteiger partial charge in [0.05, 0.1) is 26.1 Å². The molecule has 20 rings (SSSR count). The summed E-state index contributed by atoms with van der Waals surface area (Å²) in [6, 6.07) is 42.0. The van der Waals surface area contributed by atoms with Gasteiger partial charge in [0.1, 0.15) is 207 Å². The van der Waals surface area contributed by atoms with Crippen molar-refractivity contribution in [1.82, 2.24) is 0 Å². The lowest BCUT2D eigenvalue weighted by Crippen LogP contribution is -2.63. The average Bonchev–Trinajstić information content (AvgIpc) is 0.774. The maximum atomic E-state index is 12.8. The summed E-state index contributed by atoms with van der Waals surface area (Å²) in [6.45, 7) is -1.11. The van der Waals surface area contributed by atoms with Crippen LogP contribution < -0.4 is 35.9 Å². The zero-order valence-electron chi connectivity index (χ0n) is 74.7. The van der Waals surface area contributed by atoms with Crippen LogP contribution in [0.3, 0.4) is 0 Å². The van der Waals surface area contributed by atoms with E-state index in [0.717, 1.165) is 84.4 Å². The average molecular weight is 2030 g/mol. The molecule has 4 aromatic heterocycles. The topological polar surface area (TPSA) is 817 Å². The van der Waals surface area contributed by atoms with Crippen molar-refractivity contribution >= 4 is 55.4 Å². The third-order valence-corrected chi connectivity index (χ3v) is 22.9. The molecule has 2 saturated heterocycles. The first kappa shape index (κ1) is 102. The summed E-state index contributed by atoms with van der Waals surface area (Å²) in [5.41, 5.74) is -1.41. The van der Waals surface area contributed by atoms with E-state index in [-0.39, 0.29) is 194 Å². The quantitative estimate of drug-likeness (QED) is 0.0536. The zero-order chi connectivity index (χ0) is 106. The number of carbonyl (C=O) groups is 2. The second-order valence-electron chi connectivity index (χ2n) is 33.0. The van der Waals surface area contributed by atoms with E-state index in [1.54, 1.807) is 24.3 Å². The van der Waals surface area contributed by atoms with Crippen molar-refractivity contribution < 1.29 is 209 Å². The number of rotatable bonds is 11. The van der Waals surface area contributed by atoms with Crippen LogP contribution in [0.1, 0.15) is 56.9 Å². The molecule has 4 aliphatic heterocycles. The number of hydrogen-bond acceptors (Lipinski definition) is 46. The minimum Gasteiger partial charge on any atom is -0.508 e. The molecule has 46 nitrogen and oxygen atoms in total. The van der Waals surface area contributed by atoms with E-state index >= 15 is 0 Å². The van der Waals surface area contributed by atoms with Crippen molar-refractivity contribution in [3.05, 3.63) is 263 Å². The summed E-state index contributed by atoms with van der Waals surface area (Å²) in [6.07, 6.45) is -15.3. The molecule has 0 amide bonds. The molecule has 0 aliphatic carbocycles. The number of phenols is 21. The summed E-state index contributed by atoms with van der Waals surface area (Å²) in [5.74, 6) is -11.1. The smallest absolute Gasteiger partial charge is 0.238 e. The van der Waals surface area contributed by atoms with Crippen molar-refractivity contribution in [2.24, 2.45) is 0 Å². The number of ether oxygens (including phenoxy) is 6. The number of hydrogen-bond donors (Lipinski definition) is 30. The molecule has 0 bridgehead atoms. The lowest BCUT2D eigenvalue weighted by molar-refractivity contribution is -0.344. The Kier molecular flexibility index (Phi) is 29.1. The molecule has 2 fully saturated rings. The van der Waals surface area contributed by atoms with E-state index < -0.39 is 177 Å². The molecule has 0 saturated carbocycles. The first-order valence-corrected chi connectivity index (χ1v) is 43.0. The molecule has 8 heterocycles. The van der Waals surface area contributed by atoms with Crippen molar-refractivity contribution in [2.45, 2.75) is 80.4 Å². The Bertz CT molecular complexity index is 8030. The van der Waals surface area contributed by atoms with Crippen LogP contribution in [0, 0.1) is 0 Å². The monoisotopic (exact) mass is 2030 g/mol. The van der Waals surface area contributed by atoms with Crippen LogP contribution in [-0.4, -0.2) is 233 Å². The number of carbonyl (C=O) groups excluding carboxylic acids is 2. The van der Waals surface area contributed by atoms with Crippen LogP contribution in [0.4, 0.5) is 0 Å². The van der Waals surface area contributed by atoms with Gasteiger partial charge in [-0.15, -0.1) is 0 Å². The lowest BCUT2D eigenvalue weighted by atomic mass is 9.95. The minimum atomic E-state index is -1.74. The van der Waals surface area contributed by atoms with E-state index in [1.807, 2.05) is 0 Å². The number of aliphatic hydroxyl groups is 6. The summed E-state index contributed by atoms with van der Waals surface area (Å²) >= 11 is 0. The number of aliphatic hydroxyl groups excluding tert-OH is 6. The highest BCUT2D eigenvalue weighted by molar-refractivity contribution is 6.04. The van der Waals surface area contributed by atoms with Gasteiger partial charge < -0.3 is 199 Å². The predicted molar refractivity (Wildman–Crippen MR) is 503 cm³/mol. The number of aromatic hydroxyl groups is 24. The van der Waals surface area contributed by atoms with Gasteiger partial charge in [-0.1, -0.05) is 24.3 Å². The fraction of sp³-hybridized carbons (Fsp3) is 0.149. The number of fused-ring (bicyclic) bond motifs is 6. The third kappa shape index (κ3) is 21.5. The Balaban J connectivity index is 0.000000135. The van der Waals surface area contributed by atoms with Crippen molar-refractivity contribution in [3.63, 3.8) is 0 Å². The van der Waals surface area contributed by atoms with Crippen LogP contribution in [0.25, 0.3) is 89.2 Å². The number of benzene rings is 12. The second kappa shape index (κ2) is 41.7. The van der Waals surface area contributed by atoms with Gasteiger partial charge in [0, 0.05) is 101 Å². The number of Topliss-reactive ketones (excluding diaryl/α,β-unsaturated/α-hetero) is 2. The fourth-order valence-electron chi connectivity index (χ4n) is 15.6. The largest absolute Gasteiger partial charge is 0.508 e. The Hall–Kier alpha value is -18.9. The standard InChI is InChI=1S/C26H30O14.C15H10O8.C15H10O7.2C15H10O6.C15H12O5/c27-8-18-21(33)22(34)24(40-25-23(35)20(32)15(31)9-36-25)26(39-18)37-12-5-13(29)19-14(30)7-16(38-17(19)6-12)10-1-3-11(28)4-2-10;16-6-3-7(17)11-10(4-6)23-15(14(22)13(11)21)5-1-8(18)12(20)9(19)2-5;16-7-4-10(19)12-11(5-7)22-15(14(21)13(12)20)6-1-2-8(17)9(18)3-6;16-8-3-1-7(2-4-8)15-14(20)13(19)12-10(18)5-9(17)6-11(12)21-15;16-8-4-11(19)15-12(20)6-13(21-14(15)5-8)7-1-2-9(17)10(18)3-7;16-9-3-1-8(2-4-9)13-7-12(19)15-11(18)5-10(17)6-14(15)20-13/h1-6,15-16,18,20-29,31-35H,7-9H2;1-4,16-20,22H;1-5,16-19,21H;1-6,16-18,20H;1-6,16-19H;1-6,13,16-18H,7H2. The van der Waals surface area contributed by atoms with Gasteiger partial charge in [0.15, 0.2) is 86.9 Å². The molecule has 0 radical (unpaired) electrons. The first-order chi connectivity index (χ1) is 69.7. The maximum absolute atomic E-state index is 12.8. The highest BCUT2D eigenvalue weighted by Gasteiger charge is 2.51. The second-order valence-corrected chi connectivity index (χ2v) is 33.0. The molecule has 11 atom stereocenters. The first-order valence-electron chi connectivity index (χ1n) is 43.0. The molecular formula is C101H82O46. The van der Waals surface area contributed by atoms with Gasteiger partial charge >= 0.3 is 0 Å². The van der Waals surface area contributed by atoms with Crippen LogP contribution in [0.5, 0.6) is 155 Å². The molecule has 46 heteroatoms. The van der Waals surface area contributed by atoms with Gasteiger partial charge in [0.2, 0.25) is 39.8 Å². The third-order valence-electron chi connectivity index (χ3n) is 22.9. The zero-order valence-corrected chi connectivity index (χ0v) is 74.7. The van der Waals surface area contributed by atoms with Crippen LogP contribution in [-0.2, 0) is 14.2 Å². The van der Waals surface area contributed by atoms with E-state index in [2.05, 4.69) is 0 Å². The van der Waals surface area contributed by atoms with Crippen molar-refractivity contribution in [3.8, 4) is 201 Å². The van der Waals surface area contributed by atoms with Gasteiger partial charge in [-0.05, 0) is 108 Å². The molecule has 30 N–H and O–H groups in total. The highest BCUT2D eigenvalue weighted by atomic mass is 16.8. The summed E-state index contributed by atoms with van der Waals surface area (Å²) in [5, 5.41) is 290. The lowest BCUT2D eigenvalue weighted by Gasteiger charge is -2.44. The molecule has 11 unspecified atom stereocenters. The van der Waals surface area contributed by atoms with Gasteiger partial charge in [-0.25, -0.2) is 0 Å². The van der Waals surface area contributed by atoms with E-state index in [0.29, 0.717) is 16.7 Å². The van der Waals surface area contributed by atoms with Crippen LogP contribution in [0.15, 0.2) is 237 Å². The maximum Gasteiger partial charge on any atom is 0.238 e. The van der Waals surface area contributed by atoms with E-state index in [9.17, 15) is 182 Å². The Morgan fingerprint density at radius 3 is 1.14 bits per heavy atom. The molecule has 12 aromatic carbocycles. The Labute approximate surface area is 818 Å². The normalized spacial score (nSPS) is 18.6. The van der Waals surface area contributed by atoms with E-state index in [1.165, 1.54) is 97.1 Å². The molecule has 147 heavy (non-hydrogen) atoms. The molecule has 0 spiro atoms. The number of ketones is 2. The van der Waals surface area contributed by atoms with Crippen molar-refractivity contribution in [2.75, 3.05) is 13.2 Å². The van der Waals surface area contributed by atoms with E-state index in [4.69, 9.17) is 46.1 Å². The SMILES string of the molecule is O=C1CC(c2ccc(O)cc2)Oc2cc(O)cc(O)c21.O=C1CC(c2ccc(O)cc2)Oc2cc(OC3OC(CO)C(O)C(O)C3OC3OCC(O)C(O)C3O)cc(O)c21.O=c1c(O)c(-c2cc(O)c(O)c(O)c2)oc2cc(O)cc(O)c12.O=c1c(O)c(-c2ccc(O)c(O)c2)oc2cc(O)cc(O)c12.O=c1c(O)c(-c2ccc(O)cc2)oc2cc(O)cc(O)c12.O=c1cc(-c2ccc(O)c(O)c2)oc2cc(O)cc(O)c12. The molecule has 762 valence electrons. The Morgan fingerprint density at radius 1 is 0.306 bits per heavy atom. The van der Waals surface area contributed by atoms with Gasteiger partial charge in [-0.2, -0.15) is 0 Å². The molecule has 16 aromatic rings. The summed E-state index contributed by atoms with van der Waals surface area (Å²) < 4.78 is 55.4. The Morgan fingerprint density at radius 2 is 0.687 bits per heavy atom. The van der Waals surface area contributed by atoms with Gasteiger partial charge in [-0.3, -0.25) is 28.8 Å². The van der Waals surface area contributed by atoms with Crippen LogP contribution in [0.2, 0.25) is 0 Å². The molecule has 4 aliphatic rings. The predicted octanol–water partition coefficient (Wildman–Crippen LogP) is 9.20. The highest BCUT2D eigenvalue weighted by Crippen LogP contribution is 2.49.